The zero-order valence-corrected chi connectivity index (χ0v) is 9.08. The Morgan fingerprint density at radius 1 is 1.53 bits per heavy atom. The summed E-state index contributed by atoms with van der Waals surface area (Å²) in [6, 6.07) is 1.46. The monoisotopic (exact) mass is 238 g/mol. The molecule has 1 aromatic rings. The van der Waals surface area contributed by atoms with Crippen LogP contribution in [-0.4, -0.2) is 19.3 Å². The quantitative estimate of drug-likeness (QED) is 0.844. The van der Waals surface area contributed by atoms with Crippen LogP contribution in [0.3, 0.4) is 0 Å². The molecule has 0 radical (unpaired) electrons. The maximum atomic E-state index is 12.0. The summed E-state index contributed by atoms with van der Waals surface area (Å²) in [6.45, 7) is 1.02. The minimum Gasteiger partial charge on any atom is -0.329 e. The molecule has 86 valence electrons. The van der Waals surface area contributed by atoms with E-state index < -0.39 is 18.8 Å². The van der Waals surface area contributed by atoms with Gasteiger partial charge in [-0.15, -0.1) is 11.3 Å². The average molecular weight is 238 g/mol. The average Bonchev–Trinajstić information content (AvgIpc) is 2.52. The first-order valence-electron chi connectivity index (χ1n) is 4.48. The molecule has 1 rings (SSSR count). The number of thiophene rings is 1. The fourth-order valence-corrected chi connectivity index (χ4v) is 2.28. The van der Waals surface area contributed by atoms with Crippen LogP contribution in [0.5, 0.6) is 0 Å². The highest BCUT2D eigenvalue weighted by molar-refractivity contribution is 7.10. The van der Waals surface area contributed by atoms with E-state index in [0.29, 0.717) is 0 Å². The number of rotatable bonds is 4. The molecular weight excluding hydrogens is 225 g/mol. The summed E-state index contributed by atoms with van der Waals surface area (Å²) in [4.78, 5) is 0.877. The van der Waals surface area contributed by atoms with Gasteiger partial charge in [-0.2, -0.15) is 13.2 Å². The minimum absolute atomic E-state index is 0.164. The van der Waals surface area contributed by atoms with Gasteiger partial charge in [0.2, 0.25) is 0 Å². The van der Waals surface area contributed by atoms with E-state index in [1.54, 1.807) is 0 Å². The van der Waals surface area contributed by atoms with Crippen molar-refractivity contribution in [2.24, 2.45) is 5.73 Å². The molecule has 1 aromatic heterocycles. The van der Waals surface area contributed by atoms with E-state index in [9.17, 15) is 13.2 Å². The predicted octanol–water partition coefficient (Wildman–Crippen LogP) is 2.21. The van der Waals surface area contributed by atoms with Crippen LogP contribution in [0.25, 0.3) is 0 Å². The van der Waals surface area contributed by atoms with Gasteiger partial charge in [0.25, 0.3) is 0 Å². The number of halogens is 3. The van der Waals surface area contributed by atoms with Gasteiger partial charge in [-0.1, -0.05) is 0 Å². The van der Waals surface area contributed by atoms with E-state index >= 15 is 0 Å². The summed E-state index contributed by atoms with van der Waals surface area (Å²) in [7, 11) is 0. The van der Waals surface area contributed by atoms with Gasteiger partial charge in [0.1, 0.15) is 0 Å². The van der Waals surface area contributed by atoms with Crippen LogP contribution in [0, 0.1) is 6.92 Å². The lowest BCUT2D eigenvalue weighted by Crippen LogP contribution is -2.35. The number of nitrogens with one attached hydrogen (secondary N) is 1. The Bertz CT molecular complexity index is 309. The second-order valence-electron chi connectivity index (χ2n) is 3.25. The summed E-state index contributed by atoms with van der Waals surface area (Å²) in [5.41, 5.74) is 6.42. The number of alkyl halides is 3. The molecule has 3 N–H and O–H groups in total. The molecule has 2 nitrogen and oxygen atoms in total. The molecule has 0 saturated carbocycles. The van der Waals surface area contributed by atoms with E-state index in [0.717, 1.165) is 10.4 Å². The maximum absolute atomic E-state index is 12.0. The summed E-state index contributed by atoms with van der Waals surface area (Å²) in [5.74, 6) is 0. The Morgan fingerprint density at radius 3 is 2.60 bits per heavy atom. The largest absolute Gasteiger partial charge is 0.401 e. The number of hydrogen-bond acceptors (Lipinski definition) is 3. The fourth-order valence-electron chi connectivity index (χ4n) is 1.26. The van der Waals surface area contributed by atoms with Crippen molar-refractivity contribution in [3.63, 3.8) is 0 Å². The Kier molecular flexibility index (Phi) is 4.12. The summed E-state index contributed by atoms with van der Waals surface area (Å²) >= 11 is 1.42. The lowest BCUT2D eigenvalue weighted by atomic mass is 10.1. The van der Waals surface area contributed by atoms with Crippen LogP contribution in [-0.2, 0) is 0 Å². The molecule has 6 heteroatoms. The smallest absolute Gasteiger partial charge is 0.329 e. The lowest BCUT2D eigenvalue weighted by molar-refractivity contribution is -0.126. The first-order valence-corrected chi connectivity index (χ1v) is 5.36. The van der Waals surface area contributed by atoms with Crippen LogP contribution in [0.1, 0.15) is 16.5 Å². The molecule has 0 aliphatic heterocycles. The minimum atomic E-state index is -4.20. The zero-order valence-electron chi connectivity index (χ0n) is 8.27. The van der Waals surface area contributed by atoms with Gasteiger partial charge in [0.05, 0.1) is 12.6 Å². The maximum Gasteiger partial charge on any atom is 0.401 e. The molecule has 0 saturated heterocycles. The number of aryl methyl sites for hydroxylation is 1. The summed E-state index contributed by atoms with van der Waals surface area (Å²) < 4.78 is 36.0. The number of nitrogens with two attached hydrogens (primary N) is 1. The molecule has 1 heterocycles. The van der Waals surface area contributed by atoms with Gasteiger partial charge >= 0.3 is 6.18 Å². The zero-order chi connectivity index (χ0) is 11.5. The van der Waals surface area contributed by atoms with Crippen molar-refractivity contribution in [1.29, 1.82) is 0 Å². The Balaban J connectivity index is 2.61. The van der Waals surface area contributed by atoms with Crippen LogP contribution in [0.15, 0.2) is 11.4 Å². The van der Waals surface area contributed by atoms with Crippen LogP contribution >= 0.6 is 11.3 Å². The molecule has 15 heavy (non-hydrogen) atoms. The van der Waals surface area contributed by atoms with Gasteiger partial charge < -0.3 is 5.73 Å². The Labute approximate surface area is 90.3 Å². The van der Waals surface area contributed by atoms with Crippen LogP contribution < -0.4 is 11.1 Å². The highest BCUT2D eigenvalue weighted by Gasteiger charge is 2.28. The van der Waals surface area contributed by atoms with Crippen molar-refractivity contribution in [2.45, 2.75) is 19.1 Å². The highest BCUT2D eigenvalue weighted by Crippen LogP contribution is 2.24. The first-order chi connectivity index (χ1) is 6.94. The summed E-state index contributed by atoms with van der Waals surface area (Å²) in [6.07, 6.45) is -4.20. The molecule has 0 spiro atoms. The second kappa shape index (κ2) is 4.96. The number of hydrogen-bond donors (Lipinski definition) is 2. The topological polar surface area (TPSA) is 38.0 Å². The Hall–Kier alpha value is -0.590. The summed E-state index contributed by atoms with van der Waals surface area (Å²) in [5, 5.41) is 4.26. The van der Waals surface area contributed by atoms with E-state index in [1.807, 2.05) is 18.4 Å². The molecule has 0 fully saturated rings. The normalized spacial score (nSPS) is 14.2. The van der Waals surface area contributed by atoms with Crippen LogP contribution in [0.2, 0.25) is 0 Å². The third kappa shape index (κ3) is 3.81. The van der Waals surface area contributed by atoms with Crippen LogP contribution in [0.4, 0.5) is 13.2 Å². The molecule has 0 aliphatic carbocycles. The van der Waals surface area contributed by atoms with Crippen molar-refractivity contribution in [1.82, 2.24) is 5.32 Å². The van der Waals surface area contributed by atoms with E-state index in [1.165, 1.54) is 11.3 Å². The standard InChI is InChI=1S/C9H13F3N2S/c1-6-2-3-15-8(6)7(4-13)14-5-9(10,11)12/h2-3,7,14H,4-5,13H2,1H3. The molecular formula is C9H13F3N2S. The van der Waals surface area contributed by atoms with E-state index in [2.05, 4.69) is 5.32 Å². The molecule has 0 amide bonds. The second-order valence-corrected chi connectivity index (χ2v) is 4.20. The molecule has 0 bridgehead atoms. The van der Waals surface area contributed by atoms with Crippen molar-refractivity contribution in [3.05, 3.63) is 21.9 Å². The van der Waals surface area contributed by atoms with Gasteiger partial charge in [-0.05, 0) is 23.9 Å². The SMILES string of the molecule is Cc1ccsc1C(CN)NCC(F)(F)F. The van der Waals surface area contributed by atoms with Gasteiger partial charge in [-0.25, -0.2) is 0 Å². The van der Waals surface area contributed by atoms with Crippen molar-refractivity contribution < 1.29 is 13.2 Å². The van der Waals surface area contributed by atoms with Gasteiger partial charge in [0, 0.05) is 11.4 Å². The highest BCUT2D eigenvalue weighted by atomic mass is 32.1. The molecule has 1 unspecified atom stereocenters. The van der Waals surface area contributed by atoms with Gasteiger partial charge in [0.15, 0.2) is 0 Å². The Morgan fingerprint density at radius 2 is 2.20 bits per heavy atom. The predicted molar refractivity (Wildman–Crippen MR) is 54.9 cm³/mol. The van der Waals surface area contributed by atoms with E-state index in [-0.39, 0.29) is 6.54 Å². The van der Waals surface area contributed by atoms with Crippen molar-refractivity contribution in [3.8, 4) is 0 Å². The van der Waals surface area contributed by atoms with Crippen molar-refractivity contribution in [2.75, 3.05) is 13.1 Å². The fraction of sp³-hybridized carbons (Fsp3) is 0.556. The first kappa shape index (κ1) is 12.5. The third-order valence-electron chi connectivity index (χ3n) is 2.00. The van der Waals surface area contributed by atoms with Gasteiger partial charge in [-0.3, -0.25) is 5.32 Å². The van der Waals surface area contributed by atoms with Crippen molar-refractivity contribution >= 4 is 11.3 Å². The molecule has 1 atom stereocenters. The molecule has 0 aromatic carbocycles. The van der Waals surface area contributed by atoms with E-state index in [4.69, 9.17) is 5.73 Å². The lowest BCUT2D eigenvalue weighted by Gasteiger charge is -2.17. The molecule has 0 aliphatic rings. The third-order valence-corrected chi connectivity index (χ3v) is 3.14.